The molecule has 7 nitrogen and oxygen atoms in total. The Hall–Kier alpha value is -3.55. The molecular weight excluding hydrogens is 632 g/mol. The molecule has 5 rings (SSSR count). The molecule has 14 heteroatoms. The molecule has 2 heterocycles. The summed E-state index contributed by atoms with van der Waals surface area (Å²) in [6, 6.07) is 13.8. The van der Waals surface area contributed by atoms with Gasteiger partial charge in [-0.3, -0.25) is 4.79 Å². The Morgan fingerprint density at radius 3 is 2.02 bits per heavy atom. The zero-order valence-electron chi connectivity index (χ0n) is 22.8. The van der Waals surface area contributed by atoms with E-state index < -0.39 is 59.1 Å². The summed E-state index contributed by atoms with van der Waals surface area (Å²) in [5.74, 6) is -12.8. The number of aliphatic hydroxyl groups excluding tert-OH is 1. The largest absolute Gasteiger partial charge is 0.392 e. The van der Waals surface area contributed by atoms with Crippen molar-refractivity contribution in [3.63, 3.8) is 0 Å². The van der Waals surface area contributed by atoms with Gasteiger partial charge in [-0.2, -0.15) is 0 Å². The number of aromatic nitrogens is 2. The van der Waals surface area contributed by atoms with Gasteiger partial charge in [0.1, 0.15) is 10.7 Å². The third-order valence-corrected chi connectivity index (χ3v) is 8.14. The van der Waals surface area contributed by atoms with Gasteiger partial charge < -0.3 is 24.5 Å². The van der Waals surface area contributed by atoms with Gasteiger partial charge >= 0.3 is 0 Å². The van der Waals surface area contributed by atoms with Crippen molar-refractivity contribution < 1.29 is 41.3 Å². The van der Waals surface area contributed by atoms with Gasteiger partial charge in [0.25, 0.3) is 5.91 Å². The number of benzene rings is 3. The zero-order valence-corrected chi connectivity index (χ0v) is 24.4. The predicted molar refractivity (Wildman–Crippen MR) is 149 cm³/mol. The number of rotatable bonds is 8. The highest BCUT2D eigenvalue weighted by Gasteiger charge is 2.39. The molecule has 1 aromatic heterocycles. The molecule has 1 fully saturated rings. The van der Waals surface area contributed by atoms with Gasteiger partial charge in [0.05, 0.1) is 31.7 Å². The van der Waals surface area contributed by atoms with Crippen LogP contribution in [0.15, 0.2) is 54.9 Å². The molecular formula is C30H24Cl2F5N3O4. The topological polar surface area (TPSA) is 85.6 Å². The molecule has 1 aliphatic heterocycles. The molecule has 1 aliphatic rings. The summed E-state index contributed by atoms with van der Waals surface area (Å²) in [6.07, 6.45) is -0.191. The van der Waals surface area contributed by atoms with E-state index in [2.05, 4.69) is 10.3 Å². The number of ether oxygens (including phenoxy) is 2. The molecule has 0 radical (unpaired) electrons. The van der Waals surface area contributed by atoms with Crippen LogP contribution in [0.3, 0.4) is 0 Å². The molecule has 44 heavy (non-hydrogen) atoms. The molecule has 1 amide bonds. The zero-order chi connectivity index (χ0) is 31.7. The van der Waals surface area contributed by atoms with Crippen molar-refractivity contribution in [1.29, 1.82) is 0 Å². The lowest BCUT2D eigenvalue weighted by molar-refractivity contribution is -0.276. The summed E-state index contributed by atoms with van der Waals surface area (Å²) in [5, 5.41) is 12.0. The number of carbonyl (C=O) groups is 1. The summed E-state index contributed by atoms with van der Waals surface area (Å²) < 4.78 is 82.8. The maximum absolute atomic E-state index is 14.0. The molecule has 1 saturated heterocycles. The van der Waals surface area contributed by atoms with Crippen LogP contribution in [0.2, 0.25) is 10.3 Å². The molecule has 4 atom stereocenters. The Morgan fingerprint density at radius 1 is 0.886 bits per heavy atom. The lowest BCUT2D eigenvalue weighted by Crippen LogP contribution is -2.39. The van der Waals surface area contributed by atoms with Crippen LogP contribution in [-0.2, 0) is 29.2 Å². The van der Waals surface area contributed by atoms with E-state index in [1.165, 1.54) is 6.33 Å². The lowest BCUT2D eigenvalue weighted by Gasteiger charge is -2.41. The van der Waals surface area contributed by atoms with Crippen molar-refractivity contribution in [1.82, 2.24) is 14.9 Å². The number of hydrogen-bond acceptors (Lipinski definition) is 5. The smallest absolute Gasteiger partial charge is 0.257 e. The number of imidazole rings is 1. The fraction of sp³-hybridized carbons (Fsp3) is 0.267. The molecule has 2 N–H and O–H groups in total. The first-order chi connectivity index (χ1) is 21.0. The van der Waals surface area contributed by atoms with Gasteiger partial charge in [-0.25, -0.2) is 26.9 Å². The predicted octanol–water partition coefficient (Wildman–Crippen LogP) is 6.80. The Kier molecular flexibility index (Phi) is 9.56. The van der Waals surface area contributed by atoms with Gasteiger partial charge in [0, 0.05) is 18.0 Å². The van der Waals surface area contributed by atoms with Crippen LogP contribution in [0.5, 0.6) is 0 Å². The Balaban J connectivity index is 1.34. The second kappa shape index (κ2) is 13.2. The molecule has 3 aromatic carbocycles. The minimum atomic E-state index is -2.35. The second-order valence-electron chi connectivity index (χ2n) is 10.2. The third kappa shape index (κ3) is 6.31. The van der Waals surface area contributed by atoms with E-state index in [0.717, 1.165) is 11.1 Å². The minimum Gasteiger partial charge on any atom is -0.392 e. The van der Waals surface area contributed by atoms with Crippen LogP contribution in [0.25, 0.3) is 0 Å². The van der Waals surface area contributed by atoms with Crippen molar-refractivity contribution in [2.75, 3.05) is 0 Å². The van der Waals surface area contributed by atoms with Crippen LogP contribution >= 0.6 is 23.2 Å². The van der Waals surface area contributed by atoms with Gasteiger partial charge in [0.2, 0.25) is 5.82 Å². The lowest BCUT2D eigenvalue weighted by atomic mass is 9.90. The summed E-state index contributed by atoms with van der Waals surface area (Å²) in [4.78, 5) is 16.3. The summed E-state index contributed by atoms with van der Waals surface area (Å²) in [6.45, 7) is 1.90. The van der Waals surface area contributed by atoms with E-state index in [0.29, 0.717) is 17.7 Å². The Labute approximate surface area is 258 Å². The number of nitrogens with zero attached hydrogens (tertiary/aromatic N) is 2. The third-order valence-electron chi connectivity index (χ3n) is 7.37. The minimum absolute atomic E-state index is 0.107. The van der Waals surface area contributed by atoms with Gasteiger partial charge in [-0.15, -0.1) is 0 Å². The van der Waals surface area contributed by atoms with Crippen LogP contribution in [0.4, 0.5) is 22.0 Å². The quantitative estimate of drug-likeness (QED) is 0.124. The monoisotopic (exact) mass is 655 g/mol. The highest BCUT2D eigenvalue weighted by molar-refractivity contribution is 6.40. The Bertz CT molecular complexity index is 1640. The summed E-state index contributed by atoms with van der Waals surface area (Å²) >= 11 is 12.3. The van der Waals surface area contributed by atoms with Crippen molar-refractivity contribution in [2.24, 2.45) is 5.92 Å². The van der Waals surface area contributed by atoms with Crippen molar-refractivity contribution >= 4 is 29.1 Å². The van der Waals surface area contributed by atoms with Crippen molar-refractivity contribution in [2.45, 2.75) is 45.1 Å². The number of carbonyl (C=O) groups excluding carboxylic acids is 1. The maximum atomic E-state index is 14.0. The first-order valence-corrected chi connectivity index (χ1v) is 14.0. The number of nitrogens with one attached hydrogen (secondary N) is 1. The number of halogens is 7. The van der Waals surface area contributed by atoms with Crippen LogP contribution < -0.4 is 5.32 Å². The van der Waals surface area contributed by atoms with Crippen LogP contribution in [-0.4, -0.2) is 26.7 Å². The molecule has 232 valence electrons. The molecule has 0 saturated carbocycles. The highest BCUT2D eigenvalue weighted by atomic mass is 35.5. The number of amides is 1. The van der Waals surface area contributed by atoms with E-state index in [4.69, 9.17) is 32.7 Å². The second-order valence-corrected chi connectivity index (χ2v) is 10.9. The fourth-order valence-electron chi connectivity index (χ4n) is 4.86. The van der Waals surface area contributed by atoms with E-state index in [1.54, 1.807) is 41.0 Å². The average Bonchev–Trinajstić information content (AvgIpc) is 3.35. The fourth-order valence-corrected chi connectivity index (χ4v) is 5.17. The normalized spacial score (nSPS) is 20.1. The molecule has 0 bridgehead atoms. The highest BCUT2D eigenvalue weighted by Crippen LogP contribution is 2.42. The molecule has 4 aromatic rings. The van der Waals surface area contributed by atoms with Gasteiger partial charge in [-0.1, -0.05) is 78.7 Å². The summed E-state index contributed by atoms with van der Waals surface area (Å²) in [7, 11) is 0. The van der Waals surface area contributed by atoms with Gasteiger partial charge in [-0.05, 0) is 16.7 Å². The number of aliphatic hydroxyl groups is 1. The SMILES string of the molecule is CC1C(Cn2cnc(Cl)c2Cl)OC(c2ccc(CNC(=O)c3c(F)c(F)c(F)c(F)c3F)cc2)OC1c1ccc(CO)cc1. The van der Waals surface area contributed by atoms with Crippen LogP contribution in [0, 0.1) is 35.0 Å². The van der Waals surface area contributed by atoms with Crippen LogP contribution in [0.1, 0.15) is 51.9 Å². The average molecular weight is 656 g/mol. The molecule has 0 aliphatic carbocycles. The molecule has 0 spiro atoms. The van der Waals surface area contributed by atoms with Gasteiger partial charge in [0.15, 0.2) is 34.7 Å². The maximum Gasteiger partial charge on any atom is 0.257 e. The standard InChI is InChI=1S/C30H24Cl2F5N3O4/c1-14-19(11-40-13-39-27(31)28(40)32)43-30(44-26(14)17-6-4-16(12-41)5-7-17)18-8-2-15(3-9-18)10-38-29(42)20-21(33)23(35)25(37)24(36)22(20)34/h2-9,13-14,19,26,30,41H,10-12H2,1H3,(H,38,42). The first-order valence-electron chi connectivity index (χ1n) is 13.2. The van der Waals surface area contributed by atoms with Crippen molar-refractivity contribution in [3.05, 3.63) is 122 Å². The van der Waals surface area contributed by atoms with E-state index >= 15 is 0 Å². The van der Waals surface area contributed by atoms with E-state index in [-0.39, 0.29) is 29.4 Å². The van der Waals surface area contributed by atoms with Crippen molar-refractivity contribution in [3.8, 4) is 0 Å². The molecule has 4 unspecified atom stereocenters. The Morgan fingerprint density at radius 2 is 1.45 bits per heavy atom. The van der Waals surface area contributed by atoms with E-state index in [9.17, 15) is 31.9 Å². The first kappa shape index (κ1) is 31.9. The summed E-state index contributed by atoms with van der Waals surface area (Å²) in [5.41, 5.74) is 1.09. The number of hydrogen-bond donors (Lipinski definition) is 2. The van der Waals surface area contributed by atoms with E-state index in [1.807, 2.05) is 19.1 Å².